The van der Waals surface area contributed by atoms with Crippen molar-refractivity contribution in [3.63, 3.8) is 0 Å². The molecular weight excluding hydrogens is 637 g/mol. The fourth-order valence-corrected chi connectivity index (χ4v) is 7.38. The maximum absolute atomic E-state index is 6.29. The van der Waals surface area contributed by atoms with Crippen LogP contribution in [0.5, 0.6) is 0 Å². The minimum atomic E-state index is 0.811. The largest absolute Gasteiger partial charge is 0.456 e. The fourth-order valence-electron chi connectivity index (χ4n) is 7.38. The highest BCUT2D eigenvalue weighted by Gasteiger charge is 2.17. The molecule has 0 amide bonds. The predicted molar refractivity (Wildman–Crippen MR) is 216 cm³/mol. The Bertz CT molecular complexity index is 2950. The van der Waals surface area contributed by atoms with Gasteiger partial charge in [-0.1, -0.05) is 110 Å². The maximum atomic E-state index is 6.29. The molecule has 0 spiro atoms. The zero-order chi connectivity index (χ0) is 34.6. The van der Waals surface area contributed by atoms with Crippen LogP contribution in [0.2, 0.25) is 0 Å². The molecule has 4 nitrogen and oxygen atoms in total. The van der Waals surface area contributed by atoms with Gasteiger partial charge in [0.15, 0.2) is 0 Å². The van der Waals surface area contributed by atoms with Gasteiger partial charge < -0.3 is 19.1 Å². The second-order valence-corrected chi connectivity index (χ2v) is 13.2. The van der Waals surface area contributed by atoms with Crippen molar-refractivity contribution in [2.45, 2.75) is 0 Å². The van der Waals surface area contributed by atoms with Crippen molar-refractivity contribution in [3.05, 3.63) is 187 Å². The highest BCUT2D eigenvalue weighted by Crippen LogP contribution is 2.37. The van der Waals surface area contributed by atoms with Crippen LogP contribution in [-0.2, 0) is 0 Å². The molecular formula is C48H32N2O2. The summed E-state index contributed by atoms with van der Waals surface area (Å²) in [6.07, 6.45) is 4.23. The lowest BCUT2D eigenvalue weighted by atomic mass is 10.0. The van der Waals surface area contributed by atoms with Gasteiger partial charge >= 0.3 is 0 Å². The van der Waals surface area contributed by atoms with Gasteiger partial charge in [-0.05, 0) is 89.0 Å². The molecule has 4 heteroatoms. The number of para-hydroxylation sites is 4. The summed E-state index contributed by atoms with van der Waals surface area (Å²) in [6, 6.07) is 57.0. The second kappa shape index (κ2) is 12.1. The van der Waals surface area contributed by atoms with Crippen molar-refractivity contribution in [2.24, 2.45) is 0 Å². The van der Waals surface area contributed by atoms with E-state index < -0.39 is 0 Å². The molecule has 10 rings (SSSR count). The van der Waals surface area contributed by atoms with Gasteiger partial charge in [-0.25, -0.2) is 0 Å². The number of furan rings is 2. The first-order valence-corrected chi connectivity index (χ1v) is 17.4. The average Bonchev–Trinajstić information content (AvgIpc) is 3.73. The molecule has 52 heavy (non-hydrogen) atoms. The van der Waals surface area contributed by atoms with E-state index >= 15 is 0 Å². The van der Waals surface area contributed by atoms with Gasteiger partial charge in [0.1, 0.15) is 22.2 Å². The number of nitrogens with one attached hydrogen (secondary N) is 1. The number of fused-ring (bicyclic) bond motifs is 7. The van der Waals surface area contributed by atoms with Crippen LogP contribution in [0.25, 0.3) is 73.0 Å². The molecule has 3 heterocycles. The molecule has 0 saturated heterocycles. The molecule has 1 aliphatic heterocycles. The topological polar surface area (TPSA) is 41.6 Å². The van der Waals surface area contributed by atoms with Crippen LogP contribution >= 0.6 is 0 Å². The van der Waals surface area contributed by atoms with Crippen molar-refractivity contribution in [2.75, 3.05) is 10.2 Å². The Morgan fingerprint density at radius 2 is 1.12 bits per heavy atom. The van der Waals surface area contributed by atoms with Crippen LogP contribution in [0.15, 0.2) is 179 Å². The quantitative estimate of drug-likeness (QED) is 0.198. The van der Waals surface area contributed by atoms with Crippen LogP contribution in [0.3, 0.4) is 0 Å². The van der Waals surface area contributed by atoms with Crippen LogP contribution in [0, 0.1) is 0 Å². The highest BCUT2D eigenvalue weighted by molar-refractivity contribution is 6.06. The first-order valence-electron chi connectivity index (χ1n) is 17.4. The lowest BCUT2D eigenvalue weighted by molar-refractivity contribution is 0.576. The highest BCUT2D eigenvalue weighted by atomic mass is 16.3. The molecule has 246 valence electrons. The minimum absolute atomic E-state index is 0.811. The summed E-state index contributed by atoms with van der Waals surface area (Å²) in [5.41, 5.74) is 14.1. The third kappa shape index (κ3) is 5.09. The van der Waals surface area contributed by atoms with Crippen LogP contribution in [0.1, 0.15) is 5.56 Å². The number of anilines is 4. The van der Waals surface area contributed by atoms with Gasteiger partial charge in [0.05, 0.1) is 5.69 Å². The maximum Gasteiger partial charge on any atom is 0.137 e. The molecule has 2 aromatic heterocycles. The van der Waals surface area contributed by atoms with E-state index in [-0.39, 0.29) is 0 Å². The molecule has 0 saturated carbocycles. The Morgan fingerprint density at radius 1 is 0.500 bits per heavy atom. The lowest BCUT2D eigenvalue weighted by Crippen LogP contribution is -2.27. The zero-order valence-electron chi connectivity index (χ0n) is 28.2. The fraction of sp³-hybridized carbons (Fsp3) is 0. The van der Waals surface area contributed by atoms with E-state index in [1.165, 1.54) is 0 Å². The molecule has 0 fully saturated rings. The molecule has 0 radical (unpaired) electrons. The van der Waals surface area contributed by atoms with Crippen molar-refractivity contribution in [1.82, 2.24) is 0 Å². The summed E-state index contributed by atoms with van der Waals surface area (Å²) in [6.45, 7) is 4.41. The number of rotatable bonds is 5. The van der Waals surface area contributed by atoms with Crippen molar-refractivity contribution >= 4 is 73.5 Å². The first-order chi connectivity index (χ1) is 25.7. The monoisotopic (exact) mass is 668 g/mol. The predicted octanol–water partition coefficient (Wildman–Crippen LogP) is 11.8. The smallest absolute Gasteiger partial charge is 0.137 e. The Balaban J connectivity index is 0.949. The second-order valence-electron chi connectivity index (χ2n) is 13.2. The van der Waals surface area contributed by atoms with Crippen LogP contribution in [-0.4, -0.2) is 0 Å². The van der Waals surface area contributed by atoms with Crippen LogP contribution < -0.4 is 20.9 Å². The van der Waals surface area contributed by atoms with Crippen molar-refractivity contribution in [3.8, 4) is 22.3 Å². The summed E-state index contributed by atoms with van der Waals surface area (Å²) in [4.78, 5) is 2.24. The Hall–Kier alpha value is -7.04. The van der Waals surface area contributed by atoms with E-state index in [9.17, 15) is 0 Å². The summed E-state index contributed by atoms with van der Waals surface area (Å²) >= 11 is 0. The van der Waals surface area contributed by atoms with Gasteiger partial charge in [0.2, 0.25) is 0 Å². The average molecular weight is 669 g/mol. The van der Waals surface area contributed by atoms with Gasteiger partial charge in [0.25, 0.3) is 0 Å². The molecule has 1 N–H and O–H groups in total. The lowest BCUT2D eigenvalue weighted by Gasteiger charge is -2.25. The van der Waals surface area contributed by atoms with E-state index in [4.69, 9.17) is 8.83 Å². The number of nitrogens with zero attached hydrogens (tertiary/aromatic N) is 1. The van der Waals surface area contributed by atoms with Gasteiger partial charge in [0, 0.05) is 55.8 Å². The number of benzene rings is 7. The van der Waals surface area contributed by atoms with Crippen molar-refractivity contribution < 1.29 is 8.83 Å². The number of hydrogen-bond donors (Lipinski definition) is 1. The molecule has 0 atom stereocenters. The van der Waals surface area contributed by atoms with E-state index in [0.29, 0.717) is 0 Å². The number of hydrogen-bond acceptors (Lipinski definition) is 4. The summed E-state index contributed by atoms with van der Waals surface area (Å²) in [7, 11) is 0. The third-order valence-electron chi connectivity index (χ3n) is 10.00. The van der Waals surface area contributed by atoms with E-state index in [1.54, 1.807) is 0 Å². The first kappa shape index (κ1) is 29.8. The third-order valence-corrected chi connectivity index (χ3v) is 10.00. The molecule has 1 aliphatic rings. The SMILES string of the molecule is C=C1/C=c2/oc3ccccc3/c2=C/N(c2ccc(-c3ccc(Nc4ccccc4-c4ccc5c(c4)oc4ccccc45)cc3)cc2)c2ccccc21. The van der Waals surface area contributed by atoms with E-state index in [2.05, 4.69) is 163 Å². The van der Waals surface area contributed by atoms with E-state index in [0.717, 1.165) is 99.7 Å². The Kier molecular flexibility index (Phi) is 6.93. The summed E-state index contributed by atoms with van der Waals surface area (Å²) < 4.78 is 12.5. The molecule has 7 aromatic carbocycles. The van der Waals surface area contributed by atoms with Crippen LogP contribution in [0.4, 0.5) is 22.7 Å². The minimum Gasteiger partial charge on any atom is -0.456 e. The van der Waals surface area contributed by atoms with Gasteiger partial charge in [-0.2, -0.15) is 0 Å². The molecule has 0 bridgehead atoms. The van der Waals surface area contributed by atoms with Gasteiger partial charge in [-0.3, -0.25) is 0 Å². The zero-order valence-corrected chi connectivity index (χ0v) is 28.2. The molecule has 0 aliphatic carbocycles. The summed E-state index contributed by atoms with van der Waals surface area (Å²) in [5.74, 6) is 0. The van der Waals surface area contributed by atoms with E-state index in [1.807, 2.05) is 30.3 Å². The standard InChI is InChI=1S/C48H32N2O2/c1-31-28-47-42(40-13-5-9-17-46(40)51-47)30-50(44-15-7-3-10-37(31)44)36-25-20-33(21-26-36)32-18-23-35(24-19-32)49-43-14-6-2-11-38(43)34-22-27-41-39-12-4-8-16-45(39)52-48(41)29-34/h2-30,49H,1H2/b42-30-,47-28+. The molecule has 0 unspecified atom stereocenters. The summed E-state index contributed by atoms with van der Waals surface area (Å²) in [5, 5.41) is 8.04. The van der Waals surface area contributed by atoms with Gasteiger partial charge in [-0.15, -0.1) is 0 Å². The Labute approximate surface area is 300 Å². The van der Waals surface area contributed by atoms with Crippen molar-refractivity contribution in [1.29, 1.82) is 0 Å². The molecule has 9 aromatic rings. The Morgan fingerprint density at radius 3 is 1.92 bits per heavy atom. The number of allylic oxidation sites excluding steroid dienone is 1. The normalized spacial score (nSPS) is 13.8.